The maximum atomic E-state index is 7.00. The van der Waals surface area contributed by atoms with Gasteiger partial charge in [-0.05, 0) is 73.6 Å². The van der Waals surface area contributed by atoms with Crippen LogP contribution in [0.4, 0.5) is 5.69 Å². The van der Waals surface area contributed by atoms with Crippen molar-refractivity contribution < 1.29 is 9.84 Å². The molecule has 8 rings (SSSR count). The zero-order chi connectivity index (χ0) is 26.6. The van der Waals surface area contributed by atoms with Crippen molar-refractivity contribution in [3.63, 3.8) is 0 Å². The number of aliphatic hydroxyl groups is 1. The zero-order valence-corrected chi connectivity index (χ0v) is 22.9. The first-order valence-corrected chi connectivity index (χ1v) is 14.4. The van der Waals surface area contributed by atoms with E-state index in [9.17, 15) is 0 Å². The lowest BCUT2D eigenvalue weighted by molar-refractivity contribution is 0.137. The predicted octanol–water partition coefficient (Wildman–Crippen LogP) is 6.57. The Morgan fingerprint density at radius 2 is 1.74 bits per heavy atom. The molecular weight excluding hydrogens is 482 g/mol. The number of H-pyrrole nitrogens is 1. The second-order valence-corrected chi connectivity index (χ2v) is 10.8. The van der Waals surface area contributed by atoms with Gasteiger partial charge in [0.1, 0.15) is 5.75 Å². The Labute approximate surface area is 231 Å². The summed E-state index contributed by atoms with van der Waals surface area (Å²) in [7, 11) is 1.00. The van der Waals surface area contributed by atoms with Crippen LogP contribution in [0.3, 0.4) is 0 Å². The lowest BCUT2D eigenvalue weighted by Crippen LogP contribution is -2.59. The zero-order valence-electron chi connectivity index (χ0n) is 22.9. The van der Waals surface area contributed by atoms with E-state index in [1.807, 2.05) is 0 Å². The number of fused-ring (bicyclic) bond motifs is 8. The van der Waals surface area contributed by atoms with E-state index in [1.165, 1.54) is 40.4 Å². The third-order valence-corrected chi connectivity index (χ3v) is 8.47. The number of para-hydroxylation sites is 1. The van der Waals surface area contributed by atoms with E-state index in [4.69, 9.17) is 9.84 Å². The normalized spacial score (nSPS) is 21.2. The van der Waals surface area contributed by atoms with E-state index in [-0.39, 0.29) is 0 Å². The molecule has 1 fully saturated rings. The highest BCUT2D eigenvalue weighted by atomic mass is 16.5. The maximum Gasteiger partial charge on any atom is 0.129 e. The highest BCUT2D eigenvalue weighted by Crippen LogP contribution is 2.34. The largest absolute Gasteiger partial charge is 0.493 e. The number of rotatable bonds is 6. The number of aliphatic hydroxyl groups excluding tert-OH is 1. The van der Waals surface area contributed by atoms with Crippen LogP contribution < -0.4 is 9.64 Å². The van der Waals surface area contributed by atoms with Crippen molar-refractivity contribution in [3.8, 4) is 5.75 Å². The summed E-state index contributed by atoms with van der Waals surface area (Å²) in [4.78, 5) is 8.93. The minimum Gasteiger partial charge on any atom is -0.493 e. The lowest BCUT2D eigenvalue weighted by Gasteiger charge is -2.48. The molecule has 0 radical (unpaired) electrons. The second-order valence-electron chi connectivity index (χ2n) is 10.8. The van der Waals surface area contributed by atoms with Crippen LogP contribution >= 0.6 is 0 Å². The first-order valence-electron chi connectivity index (χ1n) is 14.4. The number of hydrogen-bond acceptors (Lipinski definition) is 4. The van der Waals surface area contributed by atoms with Crippen molar-refractivity contribution in [2.75, 3.05) is 38.3 Å². The van der Waals surface area contributed by atoms with Crippen LogP contribution in [-0.2, 0) is 6.42 Å². The van der Waals surface area contributed by atoms with Crippen LogP contribution in [-0.4, -0.2) is 60.4 Å². The van der Waals surface area contributed by atoms with Gasteiger partial charge in [0.25, 0.3) is 0 Å². The minimum absolute atomic E-state index is 0.527. The molecule has 4 aliphatic rings. The molecule has 2 N–H and O–H groups in total. The minimum atomic E-state index is 0.527. The maximum absolute atomic E-state index is 7.00. The number of allylic oxidation sites excluding steroid dienone is 1. The molecule has 0 amide bonds. The molecular formula is C34H39N3O2. The standard InChI is InChI=1S/C33H35N3O.CH4O/c1-2-10-25-21-26(18-17-24(25)9-1)36-23-27-11-3-4-12-28(36)22-35(27)19-8-20-37-32-16-7-15-31-33(32)29-13-5-6-14-30(29)34-31;1-2/h2-7,10,13-18,21,27-28,34H,1,8-9,11-12,19-20,22-23H2;2H,1H3/b4-3-;/t27?,28-;/m0./s1. The van der Waals surface area contributed by atoms with Gasteiger partial charge in [-0.1, -0.05) is 54.6 Å². The summed E-state index contributed by atoms with van der Waals surface area (Å²) in [5.41, 5.74) is 6.61. The van der Waals surface area contributed by atoms with Crippen LogP contribution in [0.2, 0.25) is 0 Å². The molecule has 4 aromatic rings. The number of ether oxygens (including phenoxy) is 1. The summed E-state index contributed by atoms with van der Waals surface area (Å²) in [5.74, 6) is 0.986. The number of nitrogens with one attached hydrogen (secondary N) is 1. The van der Waals surface area contributed by atoms with E-state index in [0.29, 0.717) is 12.1 Å². The van der Waals surface area contributed by atoms with Crippen LogP contribution in [0.25, 0.3) is 27.9 Å². The Morgan fingerprint density at radius 3 is 2.67 bits per heavy atom. The van der Waals surface area contributed by atoms with Crippen molar-refractivity contribution in [1.29, 1.82) is 0 Å². The van der Waals surface area contributed by atoms with Crippen molar-refractivity contribution in [3.05, 3.63) is 90.0 Å². The van der Waals surface area contributed by atoms with E-state index >= 15 is 0 Å². The molecule has 3 aliphatic heterocycles. The van der Waals surface area contributed by atoms with E-state index in [2.05, 4.69) is 99.8 Å². The first-order chi connectivity index (χ1) is 19.3. The third kappa shape index (κ3) is 5.21. The van der Waals surface area contributed by atoms with Gasteiger partial charge in [-0.2, -0.15) is 0 Å². The summed E-state index contributed by atoms with van der Waals surface area (Å²) in [5, 5.41) is 9.43. The fraction of sp³-hybridized carbons (Fsp3) is 0.353. The Morgan fingerprint density at radius 1 is 0.897 bits per heavy atom. The van der Waals surface area contributed by atoms with Gasteiger partial charge < -0.3 is 19.7 Å². The molecule has 0 spiro atoms. The molecule has 3 aromatic carbocycles. The van der Waals surface area contributed by atoms with Gasteiger partial charge in [0.2, 0.25) is 0 Å². The smallest absolute Gasteiger partial charge is 0.129 e. The molecule has 0 saturated carbocycles. The van der Waals surface area contributed by atoms with Crippen molar-refractivity contribution >= 4 is 33.6 Å². The molecule has 1 unspecified atom stereocenters. The number of benzene rings is 3. The number of anilines is 1. The average molecular weight is 522 g/mol. The Hall–Kier alpha value is -3.54. The SMILES string of the molecule is C1=Cc2cc(N3CC4C/C=C\C[C@H]3CN4CCCOc3cccc4[nH]c5ccccc5c34)ccc2CC1.CO. The molecule has 202 valence electrons. The fourth-order valence-electron chi connectivity index (χ4n) is 6.56. The fourth-order valence-corrected chi connectivity index (χ4v) is 6.56. The molecule has 4 heterocycles. The molecule has 2 bridgehead atoms. The van der Waals surface area contributed by atoms with Crippen molar-refractivity contribution in [2.24, 2.45) is 0 Å². The second kappa shape index (κ2) is 11.7. The van der Waals surface area contributed by atoms with E-state index in [0.717, 1.165) is 69.4 Å². The first kappa shape index (κ1) is 25.7. The van der Waals surface area contributed by atoms with Gasteiger partial charge in [-0.15, -0.1) is 0 Å². The van der Waals surface area contributed by atoms with Gasteiger partial charge in [-0.3, -0.25) is 4.90 Å². The van der Waals surface area contributed by atoms with Gasteiger partial charge in [0, 0.05) is 60.8 Å². The topological polar surface area (TPSA) is 51.7 Å². The number of hydrogen-bond donors (Lipinski definition) is 2. The Balaban J connectivity index is 0.00000135. The number of aromatic amines is 1. The Kier molecular flexibility index (Phi) is 7.71. The van der Waals surface area contributed by atoms with Crippen LogP contribution in [0.1, 0.15) is 36.8 Å². The summed E-state index contributed by atoms with van der Waals surface area (Å²) in [6.07, 6.45) is 15.1. The van der Waals surface area contributed by atoms with Crippen LogP contribution in [0.5, 0.6) is 5.75 Å². The van der Waals surface area contributed by atoms with Gasteiger partial charge in [0.15, 0.2) is 0 Å². The van der Waals surface area contributed by atoms with Gasteiger partial charge in [-0.25, -0.2) is 0 Å². The van der Waals surface area contributed by atoms with Crippen molar-refractivity contribution in [2.45, 2.75) is 44.2 Å². The van der Waals surface area contributed by atoms with Crippen LogP contribution in [0.15, 0.2) is 78.9 Å². The van der Waals surface area contributed by atoms with Gasteiger partial charge in [0.05, 0.1) is 12.1 Å². The predicted molar refractivity (Wildman–Crippen MR) is 163 cm³/mol. The monoisotopic (exact) mass is 521 g/mol. The number of aromatic nitrogens is 1. The lowest BCUT2D eigenvalue weighted by atomic mass is 9.93. The third-order valence-electron chi connectivity index (χ3n) is 8.47. The molecule has 5 heteroatoms. The highest BCUT2D eigenvalue weighted by molar-refractivity contribution is 6.10. The van der Waals surface area contributed by atoms with Gasteiger partial charge >= 0.3 is 0 Å². The molecule has 1 aliphatic carbocycles. The summed E-state index contributed by atoms with van der Waals surface area (Å²) in [6, 6.07) is 23.0. The molecule has 2 atom stereocenters. The quantitative estimate of drug-likeness (QED) is 0.223. The molecule has 1 saturated heterocycles. The summed E-state index contributed by atoms with van der Waals surface area (Å²) < 4.78 is 6.38. The summed E-state index contributed by atoms with van der Waals surface area (Å²) >= 11 is 0. The average Bonchev–Trinajstić information content (AvgIpc) is 3.36. The number of piperazine rings is 1. The van der Waals surface area contributed by atoms with E-state index in [1.54, 1.807) is 0 Å². The molecule has 5 nitrogen and oxygen atoms in total. The van der Waals surface area contributed by atoms with Crippen molar-refractivity contribution in [1.82, 2.24) is 9.88 Å². The number of nitrogens with zero attached hydrogens (tertiary/aromatic N) is 2. The number of aryl methyl sites for hydroxylation is 1. The molecule has 39 heavy (non-hydrogen) atoms. The molecule has 1 aromatic heterocycles. The summed E-state index contributed by atoms with van der Waals surface area (Å²) in [6.45, 7) is 4.05. The highest BCUT2D eigenvalue weighted by Gasteiger charge is 2.34. The van der Waals surface area contributed by atoms with Crippen LogP contribution in [0, 0.1) is 0 Å². The van der Waals surface area contributed by atoms with E-state index < -0.39 is 0 Å². The Bertz CT molecular complexity index is 1490.